The second kappa shape index (κ2) is 5.01. The van der Waals surface area contributed by atoms with Gasteiger partial charge in [-0.25, -0.2) is 0 Å². The average Bonchev–Trinajstić information content (AvgIpc) is 2.26. The summed E-state index contributed by atoms with van der Waals surface area (Å²) in [5.74, 6) is 6.20. The molecule has 2 unspecified atom stereocenters. The van der Waals surface area contributed by atoms with E-state index in [2.05, 4.69) is 28.6 Å². The average molecular weight is 206 g/mol. The molecule has 0 bridgehead atoms. The van der Waals surface area contributed by atoms with Gasteiger partial charge in [-0.2, -0.15) is 0 Å². The molecule has 15 heavy (non-hydrogen) atoms. The highest BCUT2D eigenvalue weighted by Crippen LogP contribution is 2.23. The molecule has 0 aromatic rings. The second-order valence-corrected chi connectivity index (χ2v) is 4.85. The molecule has 0 aromatic heterocycles. The minimum Gasteiger partial charge on any atom is -0.298 e. The Morgan fingerprint density at radius 1 is 1.27 bits per heavy atom. The Morgan fingerprint density at radius 2 is 2.13 bits per heavy atom. The minimum absolute atomic E-state index is 0.681. The number of fused-ring (bicyclic) bond motifs is 1. The van der Waals surface area contributed by atoms with E-state index in [4.69, 9.17) is 0 Å². The first-order valence-electron chi connectivity index (χ1n) is 6.19. The zero-order chi connectivity index (χ0) is 10.7. The highest BCUT2D eigenvalue weighted by Gasteiger charge is 2.32. The minimum atomic E-state index is 0.681. The normalized spacial score (nSPS) is 32.9. The molecule has 2 aliphatic heterocycles. The molecule has 84 valence electrons. The molecule has 2 heteroatoms. The number of rotatable bonds is 1. The Morgan fingerprint density at radius 3 is 2.93 bits per heavy atom. The van der Waals surface area contributed by atoms with Gasteiger partial charge < -0.3 is 0 Å². The second-order valence-electron chi connectivity index (χ2n) is 4.85. The van der Waals surface area contributed by atoms with Crippen LogP contribution < -0.4 is 0 Å². The van der Waals surface area contributed by atoms with Crippen LogP contribution in [0.1, 0.15) is 33.1 Å². The number of piperazine rings is 1. The molecule has 0 radical (unpaired) electrons. The zero-order valence-corrected chi connectivity index (χ0v) is 10.00. The molecule has 0 aliphatic carbocycles. The lowest BCUT2D eigenvalue weighted by Crippen LogP contribution is -2.58. The number of hydrogen-bond acceptors (Lipinski definition) is 2. The predicted octanol–water partition coefficient (Wildman–Crippen LogP) is 1.57. The fraction of sp³-hybridized carbons (Fsp3) is 0.846. The van der Waals surface area contributed by atoms with Gasteiger partial charge in [-0.1, -0.05) is 12.3 Å². The van der Waals surface area contributed by atoms with Crippen molar-refractivity contribution in [1.29, 1.82) is 0 Å². The Labute approximate surface area is 93.6 Å². The van der Waals surface area contributed by atoms with Crippen molar-refractivity contribution in [1.82, 2.24) is 9.80 Å². The van der Waals surface area contributed by atoms with Crippen molar-refractivity contribution in [2.24, 2.45) is 0 Å². The van der Waals surface area contributed by atoms with E-state index in [9.17, 15) is 0 Å². The van der Waals surface area contributed by atoms with Gasteiger partial charge >= 0.3 is 0 Å². The molecule has 2 rings (SSSR count). The maximum absolute atomic E-state index is 3.20. The highest BCUT2D eigenvalue weighted by atomic mass is 15.3. The first kappa shape index (κ1) is 11.0. The van der Waals surface area contributed by atoms with E-state index in [0.29, 0.717) is 6.04 Å². The van der Waals surface area contributed by atoms with Crippen LogP contribution >= 0.6 is 0 Å². The summed E-state index contributed by atoms with van der Waals surface area (Å²) in [6.45, 7) is 9.03. The van der Waals surface area contributed by atoms with Crippen LogP contribution in [0.3, 0.4) is 0 Å². The molecule has 2 fully saturated rings. The Hall–Kier alpha value is -0.520. The van der Waals surface area contributed by atoms with Crippen molar-refractivity contribution >= 4 is 0 Å². The van der Waals surface area contributed by atoms with Crippen LogP contribution in [-0.4, -0.2) is 48.1 Å². The van der Waals surface area contributed by atoms with Crippen LogP contribution in [0.5, 0.6) is 0 Å². The summed E-state index contributed by atoms with van der Waals surface area (Å²) in [4.78, 5) is 5.23. The smallest absolute Gasteiger partial charge is 0.0604 e. The van der Waals surface area contributed by atoms with E-state index >= 15 is 0 Å². The lowest BCUT2D eigenvalue weighted by atomic mass is 9.97. The van der Waals surface area contributed by atoms with Gasteiger partial charge in [0.1, 0.15) is 0 Å². The Bertz CT molecular complexity index is 263. The van der Waals surface area contributed by atoms with Gasteiger partial charge in [-0.15, -0.1) is 5.92 Å². The van der Waals surface area contributed by atoms with E-state index in [1.54, 1.807) is 0 Å². The summed E-state index contributed by atoms with van der Waals surface area (Å²) in [5.41, 5.74) is 0. The molecule has 0 spiro atoms. The zero-order valence-electron chi connectivity index (χ0n) is 10.00. The van der Waals surface area contributed by atoms with Crippen molar-refractivity contribution in [3.8, 4) is 11.8 Å². The SMILES string of the molecule is CC#CCN1CC2CCCCN2CC1C. The molecule has 2 saturated heterocycles. The summed E-state index contributed by atoms with van der Waals surface area (Å²) in [5, 5.41) is 0. The number of nitrogens with zero attached hydrogens (tertiary/aromatic N) is 2. The van der Waals surface area contributed by atoms with Gasteiger partial charge in [0.2, 0.25) is 0 Å². The van der Waals surface area contributed by atoms with Crippen molar-refractivity contribution in [3.05, 3.63) is 0 Å². The standard InChI is InChI=1S/C13H22N2/c1-3-4-8-14-11-13-7-5-6-9-15(13)10-12(14)2/h12-13H,5-11H2,1-2H3. The number of hydrogen-bond donors (Lipinski definition) is 0. The molecule has 2 nitrogen and oxygen atoms in total. The van der Waals surface area contributed by atoms with Gasteiger partial charge in [0, 0.05) is 25.2 Å². The lowest BCUT2D eigenvalue weighted by Gasteiger charge is -2.47. The van der Waals surface area contributed by atoms with Crippen molar-refractivity contribution in [3.63, 3.8) is 0 Å². The van der Waals surface area contributed by atoms with Gasteiger partial charge in [-0.3, -0.25) is 9.80 Å². The fourth-order valence-electron chi connectivity index (χ4n) is 2.81. The Balaban J connectivity index is 1.94. The molecule has 2 atom stereocenters. The van der Waals surface area contributed by atoms with Crippen LogP contribution in [-0.2, 0) is 0 Å². The first-order chi connectivity index (χ1) is 7.31. The Kier molecular flexibility index (Phi) is 3.66. The first-order valence-corrected chi connectivity index (χ1v) is 6.19. The van der Waals surface area contributed by atoms with Gasteiger partial charge in [0.15, 0.2) is 0 Å². The number of piperidine rings is 1. The monoisotopic (exact) mass is 206 g/mol. The summed E-state index contributed by atoms with van der Waals surface area (Å²) in [6, 6.07) is 1.49. The van der Waals surface area contributed by atoms with Crippen LogP contribution in [0.25, 0.3) is 0 Å². The quantitative estimate of drug-likeness (QED) is 0.601. The topological polar surface area (TPSA) is 6.48 Å². The van der Waals surface area contributed by atoms with Crippen molar-refractivity contribution in [2.45, 2.75) is 45.2 Å². The third-order valence-corrected chi connectivity index (χ3v) is 3.78. The van der Waals surface area contributed by atoms with Crippen molar-refractivity contribution in [2.75, 3.05) is 26.2 Å². The molecular weight excluding hydrogens is 184 g/mol. The predicted molar refractivity (Wildman–Crippen MR) is 63.7 cm³/mol. The molecular formula is C13H22N2. The molecule has 0 saturated carbocycles. The summed E-state index contributed by atoms with van der Waals surface area (Å²) >= 11 is 0. The van der Waals surface area contributed by atoms with Crippen LogP contribution in [0.4, 0.5) is 0 Å². The molecule has 0 aromatic carbocycles. The van der Waals surface area contributed by atoms with Crippen LogP contribution in [0.2, 0.25) is 0 Å². The summed E-state index contributed by atoms with van der Waals surface area (Å²) in [7, 11) is 0. The third-order valence-electron chi connectivity index (χ3n) is 3.78. The molecule has 0 amide bonds. The maximum atomic E-state index is 3.20. The largest absolute Gasteiger partial charge is 0.298 e. The fourth-order valence-corrected chi connectivity index (χ4v) is 2.81. The summed E-state index contributed by atoms with van der Waals surface area (Å²) in [6.07, 6.45) is 4.21. The van der Waals surface area contributed by atoms with E-state index in [-0.39, 0.29) is 0 Å². The highest BCUT2D eigenvalue weighted by molar-refractivity contribution is 5.00. The van der Waals surface area contributed by atoms with Gasteiger partial charge in [0.05, 0.1) is 6.54 Å². The van der Waals surface area contributed by atoms with Crippen molar-refractivity contribution < 1.29 is 0 Å². The third kappa shape index (κ3) is 2.53. The lowest BCUT2D eigenvalue weighted by molar-refractivity contribution is 0.0226. The van der Waals surface area contributed by atoms with Crippen LogP contribution in [0, 0.1) is 11.8 Å². The maximum Gasteiger partial charge on any atom is 0.0604 e. The summed E-state index contributed by atoms with van der Waals surface area (Å²) < 4.78 is 0. The van der Waals surface area contributed by atoms with E-state index in [1.807, 2.05) is 6.92 Å². The van der Waals surface area contributed by atoms with E-state index < -0.39 is 0 Å². The van der Waals surface area contributed by atoms with Gasteiger partial charge in [0.25, 0.3) is 0 Å². The molecule has 2 aliphatic rings. The van der Waals surface area contributed by atoms with Crippen LogP contribution in [0.15, 0.2) is 0 Å². The molecule has 0 N–H and O–H groups in total. The van der Waals surface area contributed by atoms with Gasteiger partial charge in [-0.05, 0) is 33.2 Å². The molecule has 2 heterocycles. The van der Waals surface area contributed by atoms with E-state index in [1.165, 1.54) is 38.9 Å². The van der Waals surface area contributed by atoms with E-state index in [0.717, 1.165) is 12.6 Å².